The van der Waals surface area contributed by atoms with Crippen LogP contribution in [0.15, 0.2) is 11.8 Å². The summed E-state index contributed by atoms with van der Waals surface area (Å²) in [7, 11) is 4.44. The van der Waals surface area contributed by atoms with Gasteiger partial charge in [-0.15, -0.1) is 0 Å². The summed E-state index contributed by atoms with van der Waals surface area (Å²) in [5.74, 6) is 1.16. The molecule has 0 amide bonds. The predicted molar refractivity (Wildman–Crippen MR) is 74.6 cm³/mol. The van der Waals surface area contributed by atoms with Crippen molar-refractivity contribution < 1.29 is 4.74 Å². The molecule has 2 unspecified atom stereocenters. The van der Waals surface area contributed by atoms with Crippen LogP contribution in [0.25, 0.3) is 0 Å². The number of likely N-dealkylation sites (N-methyl/N-ethyl adjacent to an activating group) is 2. The lowest BCUT2D eigenvalue weighted by atomic mass is 10.0. The highest BCUT2D eigenvalue weighted by Crippen LogP contribution is 2.21. The Bertz CT molecular complexity index is 293. The average molecular weight is 253 g/mol. The van der Waals surface area contributed by atoms with Crippen molar-refractivity contribution in [1.82, 2.24) is 15.1 Å². The Kier molecular flexibility index (Phi) is 5.03. The van der Waals surface area contributed by atoms with Gasteiger partial charge in [0.25, 0.3) is 0 Å². The lowest BCUT2D eigenvalue weighted by molar-refractivity contribution is 0.0775. The molecule has 2 aliphatic rings. The predicted octanol–water partition coefficient (Wildman–Crippen LogP) is 0.905. The normalized spacial score (nSPS) is 27.9. The van der Waals surface area contributed by atoms with Gasteiger partial charge in [-0.25, -0.2) is 0 Å². The average Bonchev–Trinajstić information content (AvgIpc) is 2.88. The lowest BCUT2D eigenvalue weighted by Gasteiger charge is -2.42. The highest BCUT2D eigenvalue weighted by atomic mass is 16.5. The number of ether oxygens (including phenoxy) is 1. The maximum Gasteiger partial charge on any atom is 0.111 e. The van der Waals surface area contributed by atoms with Crippen molar-refractivity contribution in [2.75, 3.05) is 46.9 Å². The summed E-state index contributed by atoms with van der Waals surface area (Å²) >= 11 is 0. The van der Waals surface area contributed by atoms with Gasteiger partial charge in [-0.2, -0.15) is 0 Å². The molecular weight excluding hydrogens is 226 g/mol. The summed E-state index contributed by atoms with van der Waals surface area (Å²) in [6, 6.07) is 0.861. The van der Waals surface area contributed by atoms with Crippen molar-refractivity contribution >= 4 is 0 Å². The fraction of sp³-hybridized carbons (Fsp3) is 0.857. The van der Waals surface area contributed by atoms with Crippen LogP contribution < -0.4 is 5.32 Å². The third-order valence-corrected chi connectivity index (χ3v) is 3.94. The summed E-state index contributed by atoms with van der Waals surface area (Å²) in [5, 5.41) is 3.67. The molecule has 4 nitrogen and oxygen atoms in total. The molecule has 2 aliphatic heterocycles. The van der Waals surface area contributed by atoms with Crippen LogP contribution in [0, 0.1) is 0 Å². The molecule has 18 heavy (non-hydrogen) atoms. The van der Waals surface area contributed by atoms with Gasteiger partial charge in [0.2, 0.25) is 0 Å². The Hall–Kier alpha value is -0.580. The topological polar surface area (TPSA) is 27.7 Å². The van der Waals surface area contributed by atoms with Gasteiger partial charge in [0, 0.05) is 32.1 Å². The van der Waals surface area contributed by atoms with Crippen LogP contribution in [0.5, 0.6) is 0 Å². The first-order valence-corrected chi connectivity index (χ1v) is 7.17. The van der Waals surface area contributed by atoms with E-state index < -0.39 is 0 Å². The molecule has 0 aromatic heterocycles. The number of hydrogen-bond acceptors (Lipinski definition) is 4. The smallest absolute Gasteiger partial charge is 0.111 e. The first-order chi connectivity index (χ1) is 8.72. The number of nitrogens with zero attached hydrogens (tertiary/aromatic N) is 2. The van der Waals surface area contributed by atoms with Crippen molar-refractivity contribution in [3.8, 4) is 0 Å². The second kappa shape index (κ2) is 6.55. The molecule has 0 radical (unpaired) electrons. The first-order valence-electron chi connectivity index (χ1n) is 7.17. The van der Waals surface area contributed by atoms with E-state index in [0.29, 0.717) is 12.1 Å². The molecular formula is C14H27N3O. The second-order valence-electron chi connectivity index (χ2n) is 5.49. The summed E-state index contributed by atoms with van der Waals surface area (Å²) in [6.07, 6.45) is 4.48. The summed E-state index contributed by atoms with van der Waals surface area (Å²) < 4.78 is 5.80. The summed E-state index contributed by atoms with van der Waals surface area (Å²) in [5.41, 5.74) is 0. The molecule has 0 aromatic rings. The van der Waals surface area contributed by atoms with Crippen molar-refractivity contribution in [2.45, 2.75) is 31.8 Å². The Morgan fingerprint density at radius 2 is 2.28 bits per heavy atom. The van der Waals surface area contributed by atoms with Crippen LogP contribution in [0.3, 0.4) is 0 Å². The van der Waals surface area contributed by atoms with E-state index in [1.807, 2.05) is 0 Å². The SMILES string of the molecule is CCCNC(C1=CCCO1)C1CN(C)CCN1C. The highest BCUT2D eigenvalue weighted by molar-refractivity contribution is 5.12. The number of hydrogen-bond donors (Lipinski definition) is 1. The summed E-state index contributed by atoms with van der Waals surface area (Å²) in [6.45, 7) is 7.53. The monoisotopic (exact) mass is 253 g/mol. The van der Waals surface area contributed by atoms with Crippen molar-refractivity contribution in [3.63, 3.8) is 0 Å². The van der Waals surface area contributed by atoms with Crippen LogP contribution in [0.1, 0.15) is 19.8 Å². The zero-order chi connectivity index (χ0) is 13.0. The van der Waals surface area contributed by atoms with Crippen LogP contribution in [0.2, 0.25) is 0 Å². The van der Waals surface area contributed by atoms with Gasteiger partial charge in [-0.1, -0.05) is 6.92 Å². The molecule has 2 atom stereocenters. The number of piperazine rings is 1. The van der Waals surface area contributed by atoms with Crippen molar-refractivity contribution in [1.29, 1.82) is 0 Å². The molecule has 1 saturated heterocycles. The third kappa shape index (κ3) is 3.25. The quantitative estimate of drug-likeness (QED) is 0.788. The van der Waals surface area contributed by atoms with Crippen LogP contribution in [0.4, 0.5) is 0 Å². The van der Waals surface area contributed by atoms with Gasteiger partial charge in [0.05, 0.1) is 12.6 Å². The zero-order valence-electron chi connectivity index (χ0n) is 12.0. The van der Waals surface area contributed by atoms with Crippen molar-refractivity contribution in [3.05, 3.63) is 11.8 Å². The van der Waals surface area contributed by atoms with E-state index in [4.69, 9.17) is 4.74 Å². The Morgan fingerprint density at radius 3 is 2.94 bits per heavy atom. The largest absolute Gasteiger partial charge is 0.496 e. The van der Waals surface area contributed by atoms with E-state index in [1.54, 1.807) is 0 Å². The Labute approximate surface area is 111 Å². The molecule has 4 heteroatoms. The summed E-state index contributed by atoms with van der Waals surface area (Å²) in [4.78, 5) is 4.89. The van der Waals surface area contributed by atoms with Crippen LogP contribution in [-0.4, -0.2) is 68.8 Å². The minimum absolute atomic E-state index is 0.347. The van der Waals surface area contributed by atoms with Gasteiger partial charge in [0.15, 0.2) is 0 Å². The maximum atomic E-state index is 5.80. The van der Waals surface area contributed by atoms with E-state index >= 15 is 0 Å². The van der Waals surface area contributed by atoms with E-state index in [0.717, 1.165) is 51.4 Å². The van der Waals surface area contributed by atoms with E-state index in [9.17, 15) is 0 Å². The second-order valence-corrected chi connectivity index (χ2v) is 5.49. The lowest BCUT2D eigenvalue weighted by Crippen LogP contribution is -2.59. The zero-order valence-corrected chi connectivity index (χ0v) is 12.0. The molecule has 104 valence electrons. The first kappa shape index (κ1) is 13.8. The number of nitrogens with one attached hydrogen (secondary N) is 1. The molecule has 1 N–H and O–H groups in total. The molecule has 0 bridgehead atoms. The molecule has 1 fully saturated rings. The maximum absolute atomic E-state index is 5.80. The Morgan fingerprint density at radius 1 is 1.44 bits per heavy atom. The minimum atomic E-state index is 0.347. The van der Waals surface area contributed by atoms with Gasteiger partial charge in [-0.3, -0.25) is 4.90 Å². The molecule has 0 aliphatic carbocycles. The highest BCUT2D eigenvalue weighted by Gasteiger charge is 2.33. The fourth-order valence-corrected chi connectivity index (χ4v) is 2.78. The Balaban J connectivity index is 2.05. The van der Waals surface area contributed by atoms with Crippen LogP contribution >= 0.6 is 0 Å². The van der Waals surface area contributed by atoms with Gasteiger partial charge < -0.3 is 15.0 Å². The minimum Gasteiger partial charge on any atom is -0.496 e. The third-order valence-electron chi connectivity index (χ3n) is 3.94. The van der Waals surface area contributed by atoms with Crippen LogP contribution in [-0.2, 0) is 4.74 Å². The molecule has 0 aromatic carbocycles. The molecule has 0 saturated carbocycles. The molecule has 0 spiro atoms. The number of rotatable bonds is 5. The van der Waals surface area contributed by atoms with Gasteiger partial charge in [-0.05, 0) is 33.1 Å². The van der Waals surface area contributed by atoms with Gasteiger partial charge >= 0.3 is 0 Å². The molecule has 2 rings (SSSR count). The van der Waals surface area contributed by atoms with E-state index in [1.165, 1.54) is 0 Å². The molecule has 2 heterocycles. The van der Waals surface area contributed by atoms with Crippen molar-refractivity contribution in [2.24, 2.45) is 0 Å². The van der Waals surface area contributed by atoms with E-state index in [-0.39, 0.29) is 0 Å². The fourth-order valence-electron chi connectivity index (χ4n) is 2.78. The van der Waals surface area contributed by atoms with Gasteiger partial charge in [0.1, 0.15) is 5.76 Å². The standard InChI is InChI=1S/C14H27N3O/c1-4-7-15-14(13-6-5-10-18-13)12-11-16(2)8-9-17(12)3/h6,12,14-15H,4-5,7-11H2,1-3H3. The van der Waals surface area contributed by atoms with E-state index in [2.05, 4.69) is 42.2 Å².